The molecule has 40 heavy (non-hydrogen) atoms. The Balaban J connectivity index is 1.55. The van der Waals surface area contributed by atoms with Crippen molar-refractivity contribution in [3.63, 3.8) is 0 Å². The summed E-state index contributed by atoms with van der Waals surface area (Å²) in [7, 11) is 0. The zero-order valence-electron chi connectivity index (χ0n) is 22.4. The number of likely N-dealkylation sites (tertiary alicyclic amines) is 1. The first-order valence-corrected chi connectivity index (χ1v) is 13.1. The number of Topliss-reactive ketones (excluding diaryl/α,β-unsaturated/α-hetero) is 1. The Labute approximate surface area is 233 Å². The molecule has 4 aromatic rings. The summed E-state index contributed by atoms with van der Waals surface area (Å²) >= 11 is 0. The van der Waals surface area contributed by atoms with Gasteiger partial charge in [-0.2, -0.15) is 0 Å². The first kappa shape index (κ1) is 26.7. The van der Waals surface area contributed by atoms with Crippen LogP contribution in [0.3, 0.4) is 0 Å². The zero-order chi connectivity index (χ0) is 28.1. The summed E-state index contributed by atoms with van der Waals surface area (Å²) in [6, 6.07) is 26.2. The number of amides is 1. The molecule has 1 aromatic heterocycles. The van der Waals surface area contributed by atoms with Crippen LogP contribution >= 0.6 is 0 Å². The van der Waals surface area contributed by atoms with E-state index in [9.17, 15) is 14.7 Å². The third kappa shape index (κ3) is 5.89. The Morgan fingerprint density at radius 3 is 2.35 bits per heavy atom. The molecule has 1 N–H and O–H groups in total. The van der Waals surface area contributed by atoms with Crippen LogP contribution in [0.1, 0.15) is 36.6 Å². The van der Waals surface area contributed by atoms with Crippen molar-refractivity contribution in [2.75, 3.05) is 6.61 Å². The Kier molecular flexibility index (Phi) is 7.92. The maximum absolute atomic E-state index is 13.4. The van der Waals surface area contributed by atoms with Crippen LogP contribution in [0.2, 0.25) is 0 Å². The maximum Gasteiger partial charge on any atom is 0.295 e. The van der Waals surface area contributed by atoms with Gasteiger partial charge in [0.25, 0.3) is 11.7 Å². The average molecular weight is 535 g/mol. The minimum atomic E-state index is -0.837. The van der Waals surface area contributed by atoms with Gasteiger partial charge in [-0.3, -0.25) is 14.6 Å². The second-order valence-corrected chi connectivity index (χ2v) is 10.0. The number of aliphatic hydroxyl groups is 1. The summed E-state index contributed by atoms with van der Waals surface area (Å²) in [5, 5.41) is 11.4. The van der Waals surface area contributed by atoms with Gasteiger partial charge in [-0.25, -0.2) is 0 Å². The quantitative estimate of drug-likeness (QED) is 0.149. The lowest BCUT2D eigenvalue weighted by Gasteiger charge is -2.25. The van der Waals surface area contributed by atoms with Crippen LogP contribution in [0, 0.1) is 5.92 Å². The van der Waals surface area contributed by atoms with E-state index in [0.29, 0.717) is 40.9 Å². The smallest absolute Gasteiger partial charge is 0.295 e. The molecule has 202 valence electrons. The molecule has 0 saturated carbocycles. The number of hydrogen-bond donors (Lipinski definition) is 1. The number of ether oxygens (including phenoxy) is 2. The topological polar surface area (TPSA) is 89.0 Å². The van der Waals surface area contributed by atoms with E-state index < -0.39 is 17.7 Å². The van der Waals surface area contributed by atoms with Gasteiger partial charge < -0.3 is 19.5 Å². The van der Waals surface area contributed by atoms with Crippen molar-refractivity contribution >= 4 is 17.4 Å². The molecule has 3 aromatic carbocycles. The van der Waals surface area contributed by atoms with Gasteiger partial charge in [0.1, 0.15) is 23.0 Å². The highest BCUT2D eigenvalue weighted by atomic mass is 16.5. The van der Waals surface area contributed by atoms with Gasteiger partial charge >= 0.3 is 0 Å². The van der Waals surface area contributed by atoms with E-state index in [0.717, 1.165) is 5.56 Å². The number of aromatic nitrogens is 1. The summed E-state index contributed by atoms with van der Waals surface area (Å²) in [5.74, 6) is 0.533. The molecule has 1 amide bonds. The fraction of sp³-hybridized carbons (Fsp3) is 0.182. The molecule has 1 saturated heterocycles. The summed E-state index contributed by atoms with van der Waals surface area (Å²) in [6.07, 6.45) is 3.30. The predicted molar refractivity (Wildman–Crippen MR) is 152 cm³/mol. The largest absolute Gasteiger partial charge is 0.507 e. The van der Waals surface area contributed by atoms with E-state index in [4.69, 9.17) is 9.47 Å². The van der Waals surface area contributed by atoms with Crippen molar-refractivity contribution in [2.45, 2.75) is 26.4 Å². The molecule has 0 bridgehead atoms. The average Bonchev–Trinajstić information content (AvgIpc) is 3.22. The monoisotopic (exact) mass is 534 g/mol. The Bertz CT molecular complexity index is 1520. The number of ketones is 1. The molecule has 1 aliphatic rings. The van der Waals surface area contributed by atoms with E-state index in [-0.39, 0.29) is 17.9 Å². The summed E-state index contributed by atoms with van der Waals surface area (Å²) < 4.78 is 11.8. The highest BCUT2D eigenvalue weighted by Gasteiger charge is 2.46. The van der Waals surface area contributed by atoms with Crippen LogP contribution in [0.15, 0.2) is 109 Å². The molecule has 1 unspecified atom stereocenters. The number of rotatable bonds is 9. The summed E-state index contributed by atoms with van der Waals surface area (Å²) in [6.45, 7) is 4.83. The first-order valence-electron chi connectivity index (χ1n) is 13.1. The number of aliphatic hydroxyl groups excluding tert-OH is 1. The standard InChI is InChI=1S/C33H30N2O5/c1-22(2)21-39-26-15-13-24(14-16-26)31(36)29-30(35(33(38)32(29)37)20-23-8-7-17-34-19-23)25-9-6-12-28(18-25)40-27-10-4-3-5-11-27/h3-19,22,30,36H,20-21H2,1-2H3/b31-29-. The van der Waals surface area contributed by atoms with Gasteiger partial charge in [-0.1, -0.05) is 50.2 Å². The van der Waals surface area contributed by atoms with Gasteiger partial charge in [0, 0.05) is 24.5 Å². The molecule has 0 spiro atoms. The van der Waals surface area contributed by atoms with Crippen LogP contribution in [0.5, 0.6) is 17.2 Å². The number of carbonyl (C=O) groups is 2. The lowest BCUT2D eigenvalue weighted by Crippen LogP contribution is -2.29. The molecule has 1 atom stereocenters. The Morgan fingerprint density at radius 2 is 1.65 bits per heavy atom. The van der Waals surface area contributed by atoms with Gasteiger partial charge in [0.15, 0.2) is 0 Å². The van der Waals surface area contributed by atoms with E-state index in [2.05, 4.69) is 18.8 Å². The fourth-order valence-corrected chi connectivity index (χ4v) is 4.58. The number of nitrogens with zero attached hydrogens (tertiary/aromatic N) is 2. The third-order valence-corrected chi connectivity index (χ3v) is 6.48. The number of carbonyl (C=O) groups excluding carboxylic acids is 2. The molecule has 7 nitrogen and oxygen atoms in total. The predicted octanol–water partition coefficient (Wildman–Crippen LogP) is 6.53. The van der Waals surface area contributed by atoms with Crippen LogP contribution in [0.4, 0.5) is 0 Å². The van der Waals surface area contributed by atoms with Crippen molar-refractivity contribution in [1.82, 2.24) is 9.88 Å². The first-order chi connectivity index (χ1) is 19.4. The normalized spacial score (nSPS) is 16.4. The van der Waals surface area contributed by atoms with Crippen LogP contribution < -0.4 is 9.47 Å². The van der Waals surface area contributed by atoms with E-state index >= 15 is 0 Å². The number of benzene rings is 3. The van der Waals surface area contributed by atoms with E-state index in [1.54, 1.807) is 60.9 Å². The van der Waals surface area contributed by atoms with Crippen molar-refractivity contribution in [3.05, 3.63) is 126 Å². The van der Waals surface area contributed by atoms with Crippen LogP contribution in [-0.4, -0.2) is 33.3 Å². The minimum Gasteiger partial charge on any atom is -0.507 e. The molecule has 2 heterocycles. The van der Waals surface area contributed by atoms with Crippen LogP contribution in [-0.2, 0) is 16.1 Å². The number of hydrogen-bond acceptors (Lipinski definition) is 6. The van der Waals surface area contributed by atoms with Crippen molar-refractivity contribution < 1.29 is 24.2 Å². The highest BCUT2D eigenvalue weighted by Crippen LogP contribution is 2.41. The van der Waals surface area contributed by atoms with Crippen molar-refractivity contribution in [1.29, 1.82) is 0 Å². The molecular formula is C33H30N2O5. The van der Waals surface area contributed by atoms with Crippen LogP contribution in [0.25, 0.3) is 5.76 Å². The van der Waals surface area contributed by atoms with Gasteiger partial charge in [-0.15, -0.1) is 0 Å². The zero-order valence-corrected chi connectivity index (χ0v) is 22.4. The Morgan fingerprint density at radius 1 is 0.900 bits per heavy atom. The SMILES string of the molecule is CC(C)COc1ccc(/C(O)=C2/C(=O)C(=O)N(Cc3cccnc3)C2c2cccc(Oc3ccccc3)c2)cc1. The molecule has 0 aliphatic carbocycles. The summed E-state index contributed by atoms with van der Waals surface area (Å²) in [4.78, 5) is 32.4. The lowest BCUT2D eigenvalue weighted by molar-refractivity contribution is -0.140. The van der Waals surface area contributed by atoms with Gasteiger partial charge in [0.2, 0.25) is 0 Å². The van der Waals surface area contributed by atoms with E-state index in [1.165, 1.54) is 4.90 Å². The maximum atomic E-state index is 13.4. The molecule has 1 aliphatic heterocycles. The lowest BCUT2D eigenvalue weighted by atomic mass is 9.95. The number of pyridine rings is 1. The van der Waals surface area contributed by atoms with E-state index in [1.807, 2.05) is 42.5 Å². The summed E-state index contributed by atoms with van der Waals surface area (Å²) in [5.41, 5.74) is 1.83. The number of para-hydroxylation sites is 1. The van der Waals surface area contributed by atoms with Crippen molar-refractivity contribution in [3.8, 4) is 17.2 Å². The van der Waals surface area contributed by atoms with Gasteiger partial charge in [0.05, 0.1) is 18.2 Å². The minimum absolute atomic E-state index is 0.0154. The second kappa shape index (κ2) is 11.9. The molecule has 1 fully saturated rings. The molecule has 7 heteroatoms. The molecule has 5 rings (SSSR count). The van der Waals surface area contributed by atoms with Crippen molar-refractivity contribution in [2.24, 2.45) is 5.92 Å². The molecule has 0 radical (unpaired) electrons. The fourth-order valence-electron chi connectivity index (χ4n) is 4.58. The third-order valence-electron chi connectivity index (χ3n) is 6.48. The second-order valence-electron chi connectivity index (χ2n) is 10.0. The van der Waals surface area contributed by atoms with Gasteiger partial charge in [-0.05, 0) is 71.6 Å². The Hall–Kier alpha value is -4.91. The highest BCUT2D eigenvalue weighted by molar-refractivity contribution is 6.46. The molecular weight excluding hydrogens is 504 g/mol.